The summed E-state index contributed by atoms with van der Waals surface area (Å²) in [7, 11) is 0. The van der Waals surface area contributed by atoms with E-state index >= 15 is 0 Å². The summed E-state index contributed by atoms with van der Waals surface area (Å²) < 4.78 is 0. The van der Waals surface area contributed by atoms with Gasteiger partial charge in [-0.1, -0.05) is 0 Å². The van der Waals surface area contributed by atoms with Gasteiger partial charge in [-0.2, -0.15) is 12.6 Å². The van der Waals surface area contributed by atoms with Gasteiger partial charge in [-0.15, -0.1) is 0 Å². The molecule has 0 bridgehead atoms. The molecule has 40 heteroatoms. The molecule has 0 saturated heterocycles. The Kier molecular flexibility index (Phi) is 44.6. The standard InChI is InChI=1S/C51H94N20O19S/c52-13-5-1-9-29(44(83)60-19-40(79)66-31(11-3-7-15-54)49(88)69-34(24-73)46(85)58-17-37(57)76)64-39(78)20-62-47(86)35(25-74)70-51(90)32(12-4-8-16-55)67-41(80)21-61-45(84)33(23-72)68-42(81)22-63-48(87)36(26-75)71-50(89)30(10-2-6-14-53)65-38(77)18-59-43(82)28(56)27-91/h28-36,72-75,91H,1-27,52-56H2,(H2,57,76)(H,58,85)(H,59,82)(H,60,83)(H,61,84)(H,62,86)(H,63,87)(H,64,78)(H,65,77)(H,66,79)(H,67,80)(H,68,81)(H,69,88)(H,70,90)(H,71,89)/t28-,29-,30-,31-,32-,33-,34-,35-,36-/m0/s1. The van der Waals surface area contributed by atoms with Crippen LogP contribution in [0.1, 0.15) is 77.0 Å². The zero-order valence-electron chi connectivity index (χ0n) is 50.6. The Balaban J connectivity index is 5.66. The van der Waals surface area contributed by atoms with E-state index in [9.17, 15) is 92.3 Å². The summed E-state index contributed by atoms with van der Waals surface area (Å²) in [4.78, 5) is 192. The van der Waals surface area contributed by atoms with Gasteiger partial charge in [0.25, 0.3) is 0 Å². The van der Waals surface area contributed by atoms with Crippen molar-refractivity contribution in [2.75, 3.05) is 97.6 Å². The van der Waals surface area contributed by atoms with Crippen LogP contribution in [-0.4, -0.2) is 261 Å². The molecule has 0 saturated carbocycles. The molecule has 39 nitrogen and oxygen atoms in total. The van der Waals surface area contributed by atoms with E-state index in [1.165, 1.54) is 0 Å². The first-order chi connectivity index (χ1) is 43.3. The van der Waals surface area contributed by atoms with Gasteiger partial charge in [0.1, 0.15) is 48.3 Å². The number of amides is 15. The number of nitrogens with one attached hydrogen (secondary N) is 14. The van der Waals surface area contributed by atoms with Crippen LogP contribution in [0.2, 0.25) is 0 Å². The van der Waals surface area contributed by atoms with Crippen LogP contribution in [-0.2, 0) is 71.9 Å². The zero-order valence-corrected chi connectivity index (χ0v) is 51.5. The molecule has 0 aliphatic rings. The molecule has 0 rings (SSSR count). The van der Waals surface area contributed by atoms with Crippen molar-refractivity contribution in [1.82, 2.24) is 74.4 Å². The Morgan fingerprint density at radius 1 is 0.297 bits per heavy atom. The summed E-state index contributed by atoms with van der Waals surface area (Å²) in [5.41, 5.74) is 32.9. The number of primary amides is 1. The number of carbonyl (C=O) groups is 15. The second-order valence-electron chi connectivity index (χ2n) is 20.2. The van der Waals surface area contributed by atoms with E-state index in [2.05, 4.69) is 87.1 Å². The first kappa shape index (κ1) is 83.0. The molecule has 0 aromatic carbocycles. The topological polar surface area (TPSA) is 662 Å². The molecule has 0 heterocycles. The van der Waals surface area contributed by atoms with Crippen molar-refractivity contribution in [3.8, 4) is 0 Å². The Labute approximate surface area is 529 Å². The minimum absolute atomic E-state index is 0.00524. The minimum atomic E-state index is -1.72. The van der Waals surface area contributed by atoms with Gasteiger partial charge < -0.3 is 129 Å². The van der Waals surface area contributed by atoms with Gasteiger partial charge in [0.2, 0.25) is 88.6 Å². The number of carbonyl (C=O) groups excluding carboxylic acids is 15. The fourth-order valence-corrected chi connectivity index (χ4v) is 7.87. The lowest BCUT2D eigenvalue weighted by Crippen LogP contribution is -2.58. The summed E-state index contributed by atoms with van der Waals surface area (Å²) in [6, 6.07) is -12.9. The van der Waals surface area contributed by atoms with Gasteiger partial charge in [-0.3, -0.25) is 71.9 Å². The molecule has 0 aromatic rings. The molecule has 15 amide bonds. The fourth-order valence-electron chi connectivity index (χ4n) is 7.71. The number of nitrogens with two attached hydrogens (primary N) is 6. The van der Waals surface area contributed by atoms with Crippen LogP contribution >= 0.6 is 12.6 Å². The second kappa shape index (κ2) is 48.8. The number of hydrogen-bond donors (Lipinski definition) is 25. The van der Waals surface area contributed by atoms with Crippen molar-refractivity contribution in [2.45, 2.75) is 131 Å². The van der Waals surface area contributed by atoms with Crippen molar-refractivity contribution < 1.29 is 92.3 Å². The highest BCUT2D eigenvalue weighted by molar-refractivity contribution is 7.80. The SMILES string of the molecule is NCCCC[C@H](NC(=O)CNC(=O)[C@H](CO)NC(=O)[C@H](CCCCN)NC(=O)CNC(=O)[C@H](CO)NC(=O)CNC(=O)[C@H](CO)NC(=O)[C@H](CCCCN)NC(=O)CNC(=O)[C@@H](N)CS)C(=O)NCC(=O)N[C@@H](CCCCN)C(=O)N[C@@H](CO)C(=O)NCC(N)=O. The molecular formula is C51H94N20O19S. The van der Waals surface area contributed by atoms with Crippen molar-refractivity contribution in [1.29, 1.82) is 0 Å². The summed E-state index contributed by atoms with van der Waals surface area (Å²) in [6.45, 7) is -7.41. The van der Waals surface area contributed by atoms with E-state index in [0.29, 0.717) is 44.9 Å². The number of aliphatic hydroxyl groups is 4. The van der Waals surface area contributed by atoms with Gasteiger partial charge in [-0.05, 0) is 103 Å². The van der Waals surface area contributed by atoms with Crippen LogP contribution in [0.4, 0.5) is 0 Å². The molecule has 0 spiro atoms. The van der Waals surface area contributed by atoms with Crippen LogP contribution < -0.4 is 109 Å². The van der Waals surface area contributed by atoms with Gasteiger partial charge in [0.15, 0.2) is 0 Å². The Hall–Kier alpha value is -7.96. The molecule has 0 aliphatic carbocycles. The largest absolute Gasteiger partial charge is 0.394 e. The molecular weight excluding hydrogens is 1230 g/mol. The third-order valence-electron chi connectivity index (χ3n) is 12.8. The molecule has 0 radical (unpaired) electrons. The quantitative estimate of drug-likeness (QED) is 0.0199. The lowest BCUT2D eigenvalue weighted by Gasteiger charge is -2.23. The van der Waals surface area contributed by atoms with Gasteiger partial charge >= 0.3 is 0 Å². The Morgan fingerprint density at radius 3 is 0.736 bits per heavy atom. The van der Waals surface area contributed by atoms with Crippen LogP contribution in [0.15, 0.2) is 0 Å². The van der Waals surface area contributed by atoms with Gasteiger partial charge in [-0.25, -0.2) is 0 Å². The smallest absolute Gasteiger partial charge is 0.245 e. The predicted octanol–water partition coefficient (Wildman–Crippen LogP) is -14.2. The van der Waals surface area contributed by atoms with Crippen LogP contribution in [0.5, 0.6) is 0 Å². The molecule has 0 aliphatic heterocycles. The average molecular weight is 1320 g/mol. The lowest BCUT2D eigenvalue weighted by atomic mass is 10.1. The molecule has 518 valence electrons. The third-order valence-corrected chi connectivity index (χ3v) is 13.2. The Morgan fingerprint density at radius 2 is 0.505 bits per heavy atom. The summed E-state index contributed by atoms with van der Waals surface area (Å²) >= 11 is 3.91. The molecule has 9 atom stereocenters. The number of thiol groups is 1. The first-order valence-electron chi connectivity index (χ1n) is 29.2. The van der Waals surface area contributed by atoms with Crippen LogP contribution in [0, 0.1) is 0 Å². The highest BCUT2D eigenvalue weighted by atomic mass is 32.1. The highest BCUT2D eigenvalue weighted by Crippen LogP contribution is 2.06. The summed E-state index contributed by atoms with van der Waals surface area (Å²) in [5.74, 6) is -14.1. The van der Waals surface area contributed by atoms with Crippen molar-refractivity contribution in [3.63, 3.8) is 0 Å². The van der Waals surface area contributed by atoms with Gasteiger partial charge in [0.05, 0.1) is 71.7 Å². The number of aliphatic hydroxyl groups excluding tert-OH is 4. The van der Waals surface area contributed by atoms with Crippen molar-refractivity contribution in [2.24, 2.45) is 34.4 Å². The van der Waals surface area contributed by atoms with Crippen molar-refractivity contribution in [3.05, 3.63) is 0 Å². The van der Waals surface area contributed by atoms with E-state index in [4.69, 9.17) is 34.4 Å². The van der Waals surface area contributed by atoms with E-state index in [1.54, 1.807) is 0 Å². The fraction of sp³-hybridized carbons (Fsp3) is 0.706. The van der Waals surface area contributed by atoms with Crippen LogP contribution in [0.3, 0.4) is 0 Å². The average Bonchev–Trinajstić information content (AvgIpc) is 3.26. The lowest BCUT2D eigenvalue weighted by molar-refractivity contribution is -0.134. The molecule has 0 fully saturated rings. The van der Waals surface area contributed by atoms with Crippen LogP contribution in [0.25, 0.3) is 0 Å². The highest BCUT2D eigenvalue weighted by Gasteiger charge is 2.32. The maximum atomic E-state index is 13.5. The Bertz CT molecular complexity index is 2380. The number of unbranched alkanes of at least 4 members (excludes halogenated alkanes) is 4. The predicted molar refractivity (Wildman–Crippen MR) is 324 cm³/mol. The first-order valence-corrected chi connectivity index (χ1v) is 29.9. The molecule has 0 aromatic heterocycles. The molecule has 30 N–H and O–H groups in total. The van der Waals surface area contributed by atoms with Gasteiger partial charge in [0, 0.05) is 5.75 Å². The molecule has 91 heavy (non-hydrogen) atoms. The summed E-state index contributed by atoms with van der Waals surface area (Å²) in [5, 5.41) is 71.4. The number of rotatable bonds is 50. The summed E-state index contributed by atoms with van der Waals surface area (Å²) in [6.07, 6.45) is 2.86. The van der Waals surface area contributed by atoms with E-state index in [-0.39, 0.29) is 64.0 Å². The maximum Gasteiger partial charge on any atom is 0.245 e. The van der Waals surface area contributed by atoms with E-state index in [1.807, 2.05) is 0 Å². The normalized spacial score (nSPS) is 13.8. The maximum absolute atomic E-state index is 13.5. The minimum Gasteiger partial charge on any atom is -0.394 e. The zero-order chi connectivity index (χ0) is 68.8. The van der Waals surface area contributed by atoms with E-state index < -0.39 is 209 Å². The third kappa shape index (κ3) is 36.5. The van der Waals surface area contributed by atoms with E-state index in [0.717, 1.165) is 0 Å². The second-order valence-corrected chi connectivity index (χ2v) is 20.6. The number of hydrogen-bond acceptors (Lipinski definition) is 25. The monoisotopic (exact) mass is 1320 g/mol. The van der Waals surface area contributed by atoms with Crippen molar-refractivity contribution >= 4 is 101 Å². The molecule has 0 unspecified atom stereocenters.